The number of piperazine rings is 1. The van der Waals surface area contributed by atoms with Crippen molar-refractivity contribution in [3.8, 4) is 11.5 Å². The summed E-state index contributed by atoms with van der Waals surface area (Å²) in [6.07, 6.45) is 1.52. The SMILES string of the molecule is O=C(CNc1nc(Cl)nc2nc[nH]c12)N1CCN(Cc2ccc3c(c2)OCO3)CC1. The van der Waals surface area contributed by atoms with E-state index in [1.54, 1.807) is 0 Å². The second kappa shape index (κ2) is 7.96. The summed E-state index contributed by atoms with van der Waals surface area (Å²) in [6, 6.07) is 6.02. The first-order chi connectivity index (χ1) is 14.7. The van der Waals surface area contributed by atoms with Crippen molar-refractivity contribution in [3.63, 3.8) is 0 Å². The van der Waals surface area contributed by atoms with Gasteiger partial charge in [0.2, 0.25) is 18.0 Å². The van der Waals surface area contributed by atoms with E-state index in [1.807, 2.05) is 17.0 Å². The minimum absolute atomic E-state index is 0.0140. The van der Waals surface area contributed by atoms with E-state index in [9.17, 15) is 4.79 Å². The van der Waals surface area contributed by atoms with Gasteiger partial charge in [0.15, 0.2) is 23.0 Å². The summed E-state index contributed by atoms with van der Waals surface area (Å²) in [5.41, 5.74) is 2.26. The molecule has 156 valence electrons. The zero-order chi connectivity index (χ0) is 20.5. The number of aromatic amines is 1. The van der Waals surface area contributed by atoms with Crippen molar-refractivity contribution >= 4 is 34.5 Å². The molecule has 2 aromatic heterocycles. The van der Waals surface area contributed by atoms with Gasteiger partial charge in [-0.2, -0.15) is 9.97 Å². The number of benzene rings is 1. The first-order valence-corrected chi connectivity index (χ1v) is 10.0. The van der Waals surface area contributed by atoms with E-state index in [-0.39, 0.29) is 24.5 Å². The minimum atomic E-state index is 0.0140. The summed E-state index contributed by atoms with van der Waals surface area (Å²) in [5, 5.41) is 3.13. The first kappa shape index (κ1) is 18.9. The Bertz CT molecular complexity index is 1080. The van der Waals surface area contributed by atoms with Gasteiger partial charge in [-0.25, -0.2) is 4.98 Å². The number of aromatic nitrogens is 4. The minimum Gasteiger partial charge on any atom is -0.454 e. The lowest BCUT2D eigenvalue weighted by Crippen LogP contribution is -2.49. The number of carbonyl (C=O) groups is 1. The zero-order valence-electron chi connectivity index (χ0n) is 16.1. The van der Waals surface area contributed by atoms with Gasteiger partial charge in [-0.1, -0.05) is 6.07 Å². The van der Waals surface area contributed by atoms with Gasteiger partial charge in [0.25, 0.3) is 0 Å². The van der Waals surface area contributed by atoms with E-state index in [0.29, 0.717) is 30.1 Å². The molecule has 0 spiro atoms. The van der Waals surface area contributed by atoms with Gasteiger partial charge in [0.05, 0.1) is 12.9 Å². The van der Waals surface area contributed by atoms with Crippen LogP contribution >= 0.6 is 11.6 Å². The van der Waals surface area contributed by atoms with Crippen molar-refractivity contribution in [1.29, 1.82) is 0 Å². The van der Waals surface area contributed by atoms with Crippen LogP contribution in [-0.2, 0) is 11.3 Å². The number of halogens is 1. The number of imidazole rings is 1. The number of H-pyrrole nitrogens is 1. The third-order valence-corrected chi connectivity index (χ3v) is 5.40. The Hall–Kier alpha value is -3.11. The Morgan fingerprint density at radius 1 is 1.17 bits per heavy atom. The quantitative estimate of drug-likeness (QED) is 0.587. The van der Waals surface area contributed by atoms with Crippen LogP contribution in [0.1, 0.15) is 5.56 Å². The predicted octanol–water partition coefficient (Wildman–Crippen LogP) is 1.49. The molecule has 0 radical (unpaired) electrons. The van der Waals surface area contributed by atoms with E-state index in [0.717, 1.165) is 31.1 Å². The van der Waals surface area contributed by atoms with E-state index >= 15 is 0 Å². The van der Waals surface area contributed by atoms with E-state index in [4.69, 9.17) is 21.1 Å². The third kappa shape index (κ3) is 3.83. The lowest BCUT2D eigenvalue weighted by Gasteiger charge is -2.34. The summed E-state index contributed by atoms with van der Waals surface area (Å²) in [6.45, 7) is 4.19. The number of ether oxygens (including phenoxy) is 2. The highest BCUT2D eigenvalue weighted by Crippen LogP contribution is 2.32. The van der Waals surface area contributed by atoms with Crippen LogP contribution < -0.4 is 14.8 Å². The number of nitrogens with zero attached hydrogens (tertiary/aromatic N) is 5. The summed E-state index contributed by atoms with van der Waals surface area (Å²) in [7, 11) is 0. The van der Waals surface area contributed by atoms with Gasteiger partial charge < -0.3 is 24.7 Å². The molecule has 0 bridgehead atoms. The second-order valence-corrected chi connectivity index (χ2v) is 7.48. The zero-order valence-corrected chi connectivity index (χ0v) is 16.9. The molecule has 11 heteroatoms. The molecular formula is C19H20ClN7O3. The maximum absolute atomic E-state index is 12.6. The van der Waals surface area contributed by atoms with Crippen LogP contribution in [0.2, 0.25) is 5.28 Å². The lowest BCUT2D eigenvalue weighted by atomic mass is 10.1. The first-order valence-electron chi connectivity index (χ1n) is 9.65. The Balaban J connectivity index is 1.14. The molecule has 1 fully saturated rings. The molecule has 0 aliphatic carbocycles. The van der Waals surface area contributed by atoms with Gasteiger partial charge in [-0.15, -0.1) is 0 Å². The van der Waals surface area contributed by atoms with Crippen LogP contribution in [0.15, 0.2) is 24.5 Å². The number of hydrogen-bond acceptors (Lipinski definition) is 8. The number of fused-ring (bicyclic) bond motifs is 2. The van der Waals surface area contributed by atoms with Gasteiger partial charge in [-0.05, 0) is 29.3 Å². The molecule has 4 heterocycles. The number of amides is 1. The molecule has 2 aliphatic heterocycles. The highest BCUT2D eigenvalue weighted by molar-refractivity contribution is 6.28. The second-order valence-electron chi connectivity index (χ2n) is 7.14. The topological polar surface area (TPSA) is 108 Å². The van der Waals surface area contributed by atoms with Crippen LogP contribution in [-0.4, -0.2) is 75.2 Å². The highest BCUT2D eigenvalue weighted by atomic mass is 35.5. The summed E-state index contributed by atoms with van der Waals surface area (Å²) >= 11 is 5.93. The molecule has 2 N–H and O–H groups in total. The van der Waals surface area contributed by atoms with Gasteiger partial charge >= 0.3 is 0 Å². The fourth-order valence-corrected chi connectivity index (χ4v) is 3.82. The average Bonchev–Trinajstić information content (AvgIpc) is 3.41. The summed E-state index contributed by atoms with van der Waals surface area (Å²) in [5.74, 6) is 2.07. The Morgan fingerprint density at radius 2 is 2.00 bits per heavy atom. The fraction of sp³-hybridized carbons (Fsp3) is 0.368. The van der Waals surface area contributed by atoms with Crippen molar-refractivity contribution in [2.45, 2.75) is 6.54 Å². The molecule has 0 saturated carbocycles. The van der Waals surface area contributed by atoms with Crippen LogP contribution in [0, 0.1) is 0 Å². The molecule has 10 nitrogen and oxygen atoms in total. The van der Waals surface area contributed by atoms with Crippen LogP contribution in [0.25, 0.3) is 11.2 Å². The third-order valence-electron chi connectivity index (χ3n) is 5.23. The number of anilines is 1. The maximum Gasteiger partial charge on any atom is 0.242 e. The molecule has 1 aromatic carbocycles. The van der Waals surface area contributed by atoms with Crippen molar-refractivity contribution in [3.05, 3.63) is 35.4 Å². The standard InChI is InChI=1S/C19H20ClN7O3/c20-19-24-17(16-18(25-19)23-10-22-16)21-8-15(28)27-5-3-26(4-6-27)9-12-1-2-13-14(7-12)30-11-29-13/h1-2,7,10H,3-6,8-9,11H2,(H2,21,22,23,24,25). The average molecular weight is 430 g/mol. The van der Waals surface area contributed by atoms with E-state index in [1.165, 1.54) is 11.9 Å². The van der Waals surface area contributed by atoms with Gasteiger partial charge in [-0.3, -0.25) is 9.69 Å². The summed E-state index contributed by atoms with van der Waals surface area (Å²) < 4.78 is 10.8. The molecule has 5 rings (SSSR count). The number of rotatable bonds is 5. The van der Waals surface area contributed by atoms with Crippen LogP contribution in [0.5, 0.6) is 11.5 Å². The summed E-state index contributed by atoms with van der Waals surface area (Å²) in [4.78, 5) is 32.0. The number of carbonyl (C=O) groups excluding carboxylic acids is 1. The number of nitrogens with one attached hydrogen (secondary N) is 2. The molecule has 0 unspecified atom stereocenters. The van der Waals surface area contributed by atoms with Crippen molar-refractivity contribution < 1.29 is 14.3 Å². The van der Waals surface area contributed by atoms with Crippen LogP contribution in [0.3, 0.4) is 0 Å². The molecule has 0 atom stereocenters. The number of hydrogen-bond donors (Lipinski definition) is 2. The van der Waals surface area contributed by atoms with Crippen molar-refractivity contribution in [1.82, 2.24) is 29.7 Å². The molecule has 2 aliphatic rings. The lowest BCUT2D eigenvalue weighted by molar-refractivity contribution is -0.131. The predicted molar refractivity (Wildman–Crippen MR) is 110 cm³/mol. The monoisotopic (exact) mass is 429 g/mol. The van der Waals surface area contributed by atoms with Gasteiger partial charge in [0, 0.05) is 32.7 Å². The molecule has 3 aromatic rings. The van der Waals surface area contributed by atoms with Crippen molar-refractivity contribution in [2.24, 2.45) is 0 Å². The van der Waals surface area contributed by atoms with E-state index < -0.39 is 0 Å². The maximum atomic E-state index is 12.6. The Labute approximate surface area is 177 Å². The fourth-order valence-electron chi connectivity index (χ4n) is 3.66. The van der Waals surface area contributed by atoms with Crippen LogP contribution in [0.4, 0.5) is 5.82 Å². The molecular weight excluding hydrogens is 410 g/mol. The molecule has 1 saturated heterocycles. The normalized spacial score (nSPS) is 16.2. The van der Waals surface area contributed by atoms with E-state index in [2.05, 4.69) is 36.2 Å². The Morgan fingerprint density at radius 3 is 2.87 bits per heavy atom. The van der Waals surface area contributed by atoms with Gasteiger partial charge in [0.1, 0.15) is 5.52 Å². The highest BCUT2D eigenvalue weighted by Gasteiger charge is 2.22. The molecule has 1 amide bonds. The smallest absolute Gasteiger partial charge is 0.242 e. The Kier molecular flexibility index (Phi) is 5.01. The molecule has 30 heavy (non-hydrogen) atoms. The largest absolute Gasteiger partial charge is 0.454 e. The van der Waals surface area contributed by atoms with Crippen molar-refractivity contribution in [2.75, 3.05) is 44.8 Å².